The van der Waals surface area contributed by atoms with Crippen molar-refractivity contribution in [2.24, 2.45) is 0 Å². The summed E-state index contributed by atoms with van der Waals surface area (Å²) in [4.78, 5) is 9.66. The normalized spacial score (nSPS) is 10.4. The van der Waals surface area contributed by atoms with Gasteiger partial charge in [0.1, 0.15) is 0 Å². The maximum Gasteiger partial charge on any atom is 0.304 e. The molecule has 0 aliphatic rings. The number of rotatable bonds is 6. The van der Waals surface area contributed by atoms with Gasteiger partial charge in [-0.25, -0.2) is 0 Å². The monoisotopic (exact) mass is 244 g/mol. The lowest BCUT2D eigenvalue weighted by Gasteiger charge is -2.03. The molecule has 0 amide bonds. The molecule has 0 radical (unpaired) electrons. The molecular weight excluding hydrogens is 231 g/mol. The van der Waals surface area contributed by atoms with E-state index in [2.05, 4.69) is 5.32 Å². The SMILES string of the molecule is CSCCNCc1ccc([N+](=O)[O-])c(F)c1. The highest BCUT2D eigenvalue weighted by Gasteiger charge is 2.13. The van der Waals surface area contributed by atoms with Crippen LogP contribution in [0.15, 0.2) is 18.2 Å². The average Bonchev–Trinajstić information content (AvgIpc) is 2.24. The van der Waals surface area contributed by atoms with Gasteiger partial charge < -0.3 is 5.32 Å². The Labute approximate surface area is 97.4 Å². The molecule has 0 saturated heterocycles. The average molecular weight is 244 g/mol. The molecule has 1 N–H and O–H groups in total. The lowest BCUT2D eigenvalue weighted by Crippen LogP contribution is -2.16. The Bertz CT molecular complexity index is 374. The van der Waals surface area contributed by atoms with Gasteiger partial charge in [0.05, 0.1) is 4.92 Å². The van der Waals surface area contributed by atoms with Crippen molar-refractivity contribution in [2.75, 3.05) is 18.6 Å². The molecule has 0 unspecified atom stereocenters. The molecule has 6 heteroatoms. The summed E-state index contributed by atoms with van der Waals surface area (Å²) < 4.78 is 13.2. The van der Waals surface area contributed by atoms with Gasteiger partial charge in [0.2, 0.25) is 5.82 Å². The van der Waals surface area contributed by atoms with E-state index in [9.17, 15) is 14.5 Å². The maximum atomic E-state index is 13.2. The van der Waals surface area contributed by atoms with E-state index in [1.54, 1.807) is 17.8 Å². The summed E-state index contributed by atoms with van der Waals surface area (Å²) in [6.07, 6.45) is 2.01. The van der Waals surface area contributed by atoms with Crippen molar-refractivity contribution in [2.45, 2.75) is 6.54 Å². The lowest BCUT2D eigenvalue weighted by atomic mass is 10.2. The molecule has 4 nitrogen and oxygen atoms in total. The van der Waals surface area contributed by atoms with Crippen molar-refractivity contribution in [1.82, 2.24) is 5.32 Å². The number of nitrogens with zero attached hydrogens (tertiary/aromatic N) is 1. The second-order valence-corrected chi connectivity index (χ2v) is 4.20. The Kier molecular flexibility index (Phi) is 5.21. The Hall–Kier alpha value is -1.14. The first kappa shape index (κ1) is 12.9. The molecule has 0 fully saturated rings. The first-order valence-electron chi connectivity index (χ1n) is 4.77. The minimum Gasteiger partial charge on any atom is -0.312 e. The Morgan fingerprint density at radius 1 is 1.56 bits per heavy atom. The second kappa shape index (κ2) is 6.44. The molecule has 0 aliphatic heterocycles. The minimum atomic E-state index is -0.783. The maximum absolute atomic E-state index is 13.2. The molecule has 88 valence electrons. The third kappa shape index (κ3) is 3.79. The van der Waals surface area contributed by atoms with Gasteiger partial charge in [0.25, 0.3) is 0 Å². The number of nitro groups is 1. The molecule has 0 heterocycles. The first-order chi connectivity index (χ1) is 7.65. The summed E-state index contributed by atoms with van der Waals surface area (Å²) in [6, 6.07) is 3.96. The predicted molar refractivity (Wildman–Crippen MR) is 63.1 cm³/mol. The summed E-state index contributed by atoms with van der Waals surface area (Å²) in [7, 11) is 0. The Morgan fingerprint density at radius 2 is 2.31 bits per heavy atom. The molecule has 1 rings (SSSR count). The largest absolute Gasteiger partial charge is 0.312 e. The van der Waals surface area contributed by atoms with Crippen LogP contribution >= 0.6 is 11.8 Å². The van der Waals surface area contributed by atoms with Gasteiger partial charge in [0, 0.05) is 24.9 Å². The molecule has 1 aromatic carbocycles. The van der Waals surface area contributed by atoms with Crippen LogP contribution in [-0.4, -0.2) is 23.5 Å². The van der Waals surface area contributed by atoms with Crippen molar-refractivity contribution < 1.29 is 9.31 Å². The van der Waals surface area contributed by atoms with Crippen LogP contribution < -0.4 is 5.32 Å². The van der Waals surface area contributed by atoms with E-state index in [0.717, 1.165) is 12.3 Å². The van der Waals surface area contributed by atoms with E-state index < -0.39 is 16.4 Å². The molecule has 16 heavy (non-hydrogen) atoms. The highest BCUT2D eigenvalue weighted by molar-refractivity contribution is 7.98. The molecule has 0 aliphatic carbocycles. The second-order valence-electron chi connectivity index (χ2n) is 3.21. The van der Waals surface area contributed by atoms with Crippen molar-refractivity contribution in [3.8, 4) is 0 Å². The summed E-state index contributed by atoms with van der Waals surface area (Å²) in [5.74, 6) is 0.198. The van der Waals surface area contributed by atoms with E-state index in [0.29, 0.717) is 12.1 Å². The zero-order chi connectivity index (χ0) is 12.0. The molecule has 0 spiro atoms. The van der Waals surface area contributed by atoms with Gasteiger partial charge in [-0.1, -0.05) is 6.07 Å². The van der Waals surface area contributed by atoms with E-state index in [-0.39, 0.29) is 0 Å². The van der Waals surface area contributed by atoms with Crippen LogP contribution in [0.5, 0.6) is 0 Å². The van der Waals surface area contributed by atoms with Gasteiger partial charge in [-0.3, -0.25) is 10.1 Å². The summed E-state index contributed by atoms with van der Waals surface area (Å²) in [5, 5.41) is 13.5. The number of hydrogen-bond acceptors (Lipinski definition) is 4. The number of nitro benzene ring substituents is 1. The molecule has 0 bridgehead atoms. The van der Waals surface area contributed by atoms with E-state index in [1.807, 2.05) is 6.26 Å². The van der Waals surface area contributed by atoms with Crippen LogP contribution in [0, 0.1) is 15.9 Å². The fourth-order valence-corrected chi connectivity index (χ4v) is 1.56. The summed E-state index contributed by atoms with van der Waals surface area (Å²) in [5.41, 5.74) is 0.233. The van der Waals surface area contributed by atoms with E-state index in [1.165, 1.54) is 12.1 Å². The summed E-state index contributed by atoms with van der Waals surface area (Å²) in [6.45, 7) is 1.36. The third-order valence-corrected chi connectivity index (χ3v) is 2.63. The zero-order valence-electron chi connectivity index (χ0n) is 8.90. The fraction of sp³-hybridized carbons (Fsp3) is 0.400. The van der Waals surface area contributed by atoms with Crippen LogP contribution in [0.25, 0.3) is 0 Å². The Balaban J connectivity index is 2.56. The van der Waals surface area contributed by atoms with Gasteiger partial charge in [0.15, 0.2) is 0 Å². The zero-order valence-corrected chi connectivity index (χ0v) is 9.72. The van der Waals surface area contributed by atoms with Crippen LogP contribution in [0.1, 0.15) is 5.56 Å². The molecule has 0 atom stereocenters. The number of hydrogen-bond donors (Lipinski definition) is 1. The van der Waals surface area contributed by atoms with Crippen LogP contribution in [-0.2, 0) is 6.54 Å². The van der Waals surface area contributed by atoms with Gasteiger partial charge in [-0.05, 0) is 17.9 Å². The van der Waals surface area contributed by atoms with Crippen molar-refractivity contribution in [3.63, 3.8) is 0 Å². The predicted octanol–water partition coefficient (Wildman–Crippen LogP) is 2.19. The van der Waals surface area contributed by atoms with Crippen LogP contribution in [0.3, 0.4) is 0 Å². The number of nitrogens with one attached hydrogen (secondary N) is 1. The Morgan fingerprint density at radius 3 is 2.88 bits per heavy atom. The highest BCUT2D eigenvalue weighted by Crippen LogP contribution is 2.17. The molecule has 0 saturated carbocycles. The minimum absolute atomic E-state index is 0.479. The lowest BCUT2D eigenvalue weighted by molar-refractivity contribution is -0.387. The smallest absolute Gasteiger partial charge is 0.304 e. The fourth-order valence-electron chi connectivity index (χ4n) is 1.22. The van der Waals surface area contributed by atoms with E-state index >= 15 is 0 Å². The molecular formula is C10H13FN2O2S. The summed E-state index contributed by atoms with van der Waals surface area (Å²) >= 11 is 1.72. The van der Waals surface area contributed by atoms with Crippen LogP contribution in [0.4, 0.5) is 10.1 Å². The van der Waals surface area contributed by atoms with Crippen molar-refractivity contribution >= 4 is 17.4 Å². The van der Waals surface area contributed by atoms with E-state index in [4.69, 9.17) is 0 Å². The highest BCUT2D eigenvalue weighted by atomic mass is 32.2. The quantitative estimate of drug-likeness (QED) is 0.473. The van der Waals surface area contributed by atoms with Crippen molar-refractivity contribution in [3.05, 3.63) is 39.7 Å². The van der Waals surface area contributed by atoms with Gasteiger partial charge in [-0.15, -0.1) is 0 Å². The number of halogens is 1. The standard InChI is InChI=1S/C10H13FN2O2S/c1-16-5-4-12-7-8-2-3-10(13(14)15)9(11)6-8/h2-3,6,12H,4-5,7H2,1H3. The first-order valence-corrected chi connectivity index (χ1v) is 6.17. The third-order valence-electron chi connectivity index (χ3n) is 2.02. The number of thioether (sulfide) groups is 1. The molecule has 1 aromatic rings. The van der Waals surface area contributed by atoms with Gasteiger partial charge >= 0.3 is 5.69 Å². The van der Waals surface area contributed by atoms with Crippen molar-refractivity contribution in [1.29, 1.82) is 0 Å². The topological polar surface area (TPSA) is 55.2 Å². The molecule has 0 aromatic heterocycles. The number of benzene rings is 1. The van der Waals surface area contributed by atoms with Crippen LogP contribution in [0.2, 0.25) is 0 Å². The van der Waals surface area contributed by atoms with Gasteiger partial charge in [-0.2, -0.15) is 16.2 Å².